The fourth-order valence-electron chi connectivity index (χ4n) is 6.81. The highest BCUT2D eigenvalue weighted by Crippen LogP contribution is 2.63. The summed E-state index contributed by atoms with van der Waals surface area (Å²) in [7, 11) is 0. The average molecular weight is 330 g/mol. The van der Waals surface area contributed by atoms with E-state index >= 15 is 0 Å². The molecule has 4 nitrogen and oxygen atoms in total. The van der Waals surface area contributed by atoms with E-state index in [2.05, 4.69) is 6.92 Å². The Balaban J connectivity index is 1.42. The molecule has 0 amide bonds. The first-order chi connectivity index (χ1) is 11.5. The Bertz CT molecular complexity index is 638. The molecule has 0 aromatic rings. The topological polar surface area (TPSA) is 55.9 Å². The standard InChI is InChI=1S/C20H26O4/c1-10(21)23-16-6-5-14-12-4-3-11-9-15(22)18-19(24-18)17(11)13(12)7-8-20(14,16)2/h9,12-14,16-19H,3-8H2,1-2H3/t12-,13+,14+,16+,17+,18+,19-,20+/m1/s1. The van der Waals surface area contributed by atoms with E-state index < -0.39 is 0 Å². The van der Waals surface area contributed by atoms with E-state index in [0.717, 1.165) is 19.3 Å². The average Bonchev–Trinajstić information content (AvgIpc) is 3.27. The molecule has 0 aromatic carbocycles. The zero-order valence-corrected chi connectivity index (χ0v) is 14.5. The van der Waals surface area contributed by atoms with Crippen molar-refractivity contribution in [3.05, 3.63) is 11.6 Å². The lowest BCUT2D eigenvalue weighted by molar-refractivity contribution is -0.156. The van der Waals surface area contributed by atoms with Gasteiger partial charge in [0.1, 0.15) is 12.2 Å². The molecule has 5 rings (SSSR count). The SMILES string of the molecule is CC(=O)O[C@H]1CC[C@H]2[C@@H]3CCC4=CC(=O)[C@@H]5O[C@@H]5[C@@H]4[C@H]3CC[C@]12C. The van der Waals surface area contributed by atoms with Crippen molar-refractivity contribution in [2.75, 3.05) is 0 Å². The smallest absolute Gasteiger partial charge is 0.302 e. The van der Waals surface area contributed by atoms with Gasteiger partial charge in [-0.3, -0.25) is 9.59 Å². The first-order valence-corrected chi connectivity index (χ1v) is 9.56. The van der Waals surface area contributed by atoms with Crippen LogP contribution in [0.1, 0.15) is 52.4 Å². The number of rotatable bonds is 1. The van der Waals surface area contributed by atoms with Crippen molar-refractivity contribution in [2.45, 2.75) is 70.7 Å². The Kier molecular flexibility index (Phi) is 3.11. The minimum Gasteiger partial charge on any atom is -0.462 e. The summed E-state index contributed by atoms with van der Waals surface area (Å²) in [6.45, 7) is 3.88. The van der Waals surface area contributed by atoms with Crippen LogP contribution in [-0.2, 0) is 19.1 Å². The lowest BCUT2D eigenvalue weighted by Crippen LogP contribution is -2.49. The number of carbonyl (C=O) groups is 2. The molecule has 1 saturated heterocycles. The van der Waals surface area contributed by atoms with Crippen LogP contribution in [0.2, 0.25) is 0 Å². The molecule has 0 spiro atoms. The molecule has 0 aromatic heterocycles. The van der Waals surface area contributed by atoms with Crippen LogP contribution in [0.15, 0.2) is 11.6 Å². The third-order valence-electron chi connectivity index (χ3n) is 7.86. The van der Waals surface area contributed by atoms with Crippen LogP contribution in [0.4, 0.5) is 0 Å². The molecule has 0 bridgehead atoms. The number of carbonyl (C=O) groups excluding carboxylic acids is 2. The van der Waals surface area contributed by atoms with Crippen molar-refractivity contribution in [1.29, 1.82) is 0 Å². The summed E-state index contributed by atoms with van der Waals surface area (Å²) in [5.41, 5.74) is 1.50. The van der Waals surface area contributed by atoms with Gasteiger partial charge in [0.05, 0.1) is 6.10 Å². The van der Waals surface area contributed by atoms with Gasteiger partial charge >= 0.3 is 5.97 Å². The monoisotopic (exact) mass is 330 g/mol. The molecular weight excluding hydrogens is 304 g/mol. The second-order valence-electron chi connectivity index (χ2n) is 8.86. The summed E-state index contributed by atoms with van der Waals surface area (Å²) in [4.78, 5) is 23.5. The molecule has 5 aliphatic rings. The van der Waals surface area contributed by atoms with Crippen molar-refractivity contribution in [1.82, 2.24) is 0 Å². The molecule has 24 heavy (non-hydrogen) atoms. The second-order valence-corrected chi connectivity index (χ2v) is 8.86. The van der Waals surface area contributed by atoms with E-state index in [1.54, 1.807) is 0 Å². The number of epoxide rings is 1. The molecule has 0 unspecified atom stereocenters. The zero-order chi connectivity index (χ0) is 16.6. The van der Waals surface area contributed by atoms with Gasteiger partial charge in [0.2, 0.25) is 0 Å². The third kappa shape index (κ3) is 1.95. The number of fused-ring (bicyclic) bond motifs is 7. The van der Waals surface area contributed by atoms with Gasteiger partial charge in [-0.15, -0.1) is 0 Å². The normalized spacial score (nSPS) is 51.7. The predicted octanol–water partition coefficient (Wildman–Crippen LogP) is 3.05. The molecule has 0 radical (unpaired) electrons. The Labute approximate surface area is 143 Å². The minimum absolute atomic E-state index is 0.0933. The molecule has 0 N–H and O–H groups in total. The Morgan fingerprint density at radius 3 is 2.88 bits per heavy atom. The molecular formula is C20H26O4. The van der Waals surface area contributed by atoms with E-state index in [0.29, 0.717) is 23.7 Å². The lowest BCUT2D eigenvalue weighted by atomic mass is 9.52. The van der Waals surface area contributed by atoms with E-state index in [-0.39, 0.29) is 35.5 Å². The minimum atomic E-state index is -0.141. The largest absolute Gasteiger partial charge is 0.462 e. The quantitative estimate of drug-likeness (QED) is 0.548. The van der Waals surface area contributed by atoms with E-state index in [4.69, 9.17) is 9.47 Å². The van der Waals surface area contributed by atoms with Gasteiger partial charge < -0.3 is 9.47 Å². The van der Waals surface area contributed by atoms with Gasteiger partial charge in [-0.25, -0.2) is 0 Å². The molecule has 8 atom stereocenters. The zero-order valence-electron chi connectivity index (χ0n) is 14.5. The van der Waals surface area contributed by atoms with Crippen LogP contribution in [-0.4, -0.2) is 30.1 Å². The third-order valence-corrected chi connectivity index (χ3v) is 7.86. The Morgan fingerprint density at radius 1 is 1.25 bits per heavy atom. The molecule has 3 saturated carbocycles. The summed E-state index contributed by atoms with van der Waals surface area (Å²) in [6, 6.07) is 0. The maximum atomic E-state index is 12.0. The maximum absolute atomic E-state index is 12.0. The summed E-state index contributed by atoms with van der Waals surface area (Å²) in [5.74, 6) is 2.53. The van der Waals surface area contributed by atoms with Crippen LogP contribution in [0.25, 0.3) is 0 Å². The summed E-state index contributed by atoms with van der Waals surface area (Å²) >= 11 is 0. The van der Waals surface area contributed by atoms with Crippen molar-refractivity contribution in [3.8, 4) is 0 Å². The number of hydrogen-bond donors (Lipinski definition) is 0. The van der Waals surface area contributed by atoms with Crippen LogP contribution >= 0.6 is 0 Å². The summed E-state index contributed by atoms with van der Waals surface area (Å²) < 4.78 is 11.4. The molecule has 4 heteroatoms. The highest BCUT2D eigenvalue weighted by Gasteiger charge is 2.62. The number of hydrogen-bond acceptors (Lipinski definition) is 4. The molecule has 1 heterocycles. The number of ketones is 1. The van der Waals surface area contributed by atoms with Gasteiger partial charge in [-0.2, -0.15) is 0 Å². The van der Waals surface area contributed by atoms with Gasteiger partial charge in [0.25, 0.3) is 0 Å². The van der Waals surface area contributed by atoms with Gasteiger partial charge in [-0.05, 0) is 62.4 Å². The van der Waals surface area contributed by atoms with E-state index in [9.17, 15) is 9.59 Å². The first-order valence-electron chi connectivity index (χ1n) is 9.56. The van der Waals surface area contributed by atoms with Gasteiger partial charge in [0, 0.05) is 18.3 Å². The second kappa shape index (κ2) is 4.94. The molecule has 4 aliphatic carbocycles. The Hall–Kier alpha value is -1.16. The molecule has 4 fully saturated rings. The van der Waals surface area contributed by atoms with E-state index in [1.807, 2.05) is 6.08 Å². The van der Waals surface area contributed by atoms with Crippen LogP contribution in [0.5, 0.6) is 0 Å². The van der Waals surface area contributed by atoms with Crippen molar-refractivity contribution >= 4 is 11.8 Å². The van der Waals surface area contributed by atoms with Crippen LogP contribution in [0, 0.1) is 29.1 Å². The molecule has 1 aliphatic heterocycles. The van der Waals surface area contributed by atoms with Gasteiger partial charge in [0.15, 0.2) is 5.78 Å². The van der Waals surface area contributed by atoms with Crippen molar-refractivity contribution in [2.24, 2.45) is 29.1 Å². The molecule has 130 valence electrons. The highest BCUT2D eigenvalue weighted by molar-refractivity contribution is 5.97. The Morgan fingerprint density at radius 2 is 2.08 bits per heavy atom. The number of ether oxygens (including phenoxy) is 2. The van der Waals surface area contributed by atoms with Crippen molar-refractivity contribution < 1.29 is 19.1 Å². The summed E-state index contributed by atoms with van der Waals surface area (Å²) in [5, 5.41) is 0. The van der Waals surface area contributed by atoms with Crippen molar-refractivity contribution in [3.63, 3.8) is 0 Å². The fraction of sp³-hybridized carbons (Fsp3) is 0.800. The van der Waals surface area contributed by atoms with Crippen LogP contribution in [0.3, 0.4) is 0 Å². The van der Waals surface area contributed by atoms with Gasteiger partial charge in [-0.1, -0.05) is 12.5 Å². The maximum Gasteiger partial charge on any atom is 0.302 e. The number of esters is 1. The highest BCUT2D eigenvalue weighted by atomic mass is 16.6. The lowest BCUT2D eigenvalue weighted by Gasteiger charge is -2.53. The predicted molar refractivity (Wildman–Crippen MR) is 87.1 cm³/mol. The first kappa shape index (κ1) is 15.1. The summed E-state index contributed by atoms with van der Waals surface area (Å²) in [6.07, 6.45) is 8.76. The fourth-order valence-corrected chi connectivity index (χ4v) is 6.81. The van der Waals surface area contributed by atoms with Crippen LogP contribution < -0.4 is 0 Å². The van der Waals surface area contributed by atoms with E-state index in [1.165, 1.54) is 31.8 Å².